The number of aromatic nitrogens is 2. The second-order valence-corrected chi connectivity index (χ2v) is 8.22. The number of hydrazine groups is 1. The standard InChI is InChI=1S/C26H19ClN6O2S/c27-19-10-8-17(9-11-19)23-13-21(18-5-4-12-29-15-18)22(14-28)25(31-23)35-16-24(34)32-33-26(36)30-20-6-2-1-3-7-20/h1-13,15H,16H2,(H,32,34)(H2,30,33,36). The molecule has 4 rings (SSSR count). The van der Waals surface area contributed by atoms with Gasteiger partial charge in [0.15, 0.2) is 11.7 Å². The predicted octanol–water partition coefficient (Wildman–Crippen LogP) is 4.73. The molecule has 2 heterocycles. The number of rotatable bonds is 6. The van der Waals surface area contributed by atoms with Crippen LogP contribution in [0.3, 0.4) is 0 Å². The van der Waals surface area contributed by atoms with Gasteiger partial charge in [-0.25, -0.2) is 4.98 Å². The summed E-state index contributed by atoms with van der Waals surface area (Å²) in [4.78, 5) is 21.1. The second kappa shape index (κ2) is 11.8. The van der Waals surface area contributed by atoms with Crippen molar-refractivity contribution in [1.29, 1.82) is 5.26 Å². The minimum absolute atomic E-state index is 0.0175. The lowest BCUT2D eigenvalue weighted by Crippen LogP contribution is -2.45. The number of hydrogen-bond donors (Lipinski definition) is 3. The molecule has 178 valence electrons. The van der Waals surface area contributed by atoms with Crippen LogP contribution in [0.4, 0.5) is 5.69 Å². The van der Waals surface area contributed by atoms with Crippen LogP contribution in [0.15, 0.2) is 85.2 Å². The van der Waals surface area contributed by atoms with E-state index in [1.807, 2.05) is 48.5 Å². The van der Waals surface area contributed by atoms with Crippen LogP contribution in [0, 0.1) is 11.3 Å². The maximum atomic E-state index is 12.4. The third-order valence-electron chi connectivity index (χ3n) is 4.90. The lowest BCUT2D eigenvalue weighted by molar-refractivity contribution is -0.123. The molecule has 0 radical (unpaired) electrons. The van der Waals surface area contributed by atoms with Gasteiger partial charge in [0.2, 0.25) is 5.88 Å². The Morgan fingerprint density at radius 2 is 1.81 bits per heavy atom. The monoisotopic (exact) mass is 514 g/mol. The largest absolute Gasteiger partial charge is 0.467 e. The third-order valence-corrected chi connectivity index (χ3v) is 5.35. The Balaban J connectivity index is 1.52. The molecule has 1 amide bonds. The fraction of sp³-hybridized carbons (Fsp3) is 0.0385. The van der Waals surface area contributed by atoms with Crippen molar-refractivity contribution in [2.75, 3.05) is 11.9 Å². The zero-order valence-corrected chi connectivity index (χ0v) is 20.3. The minimum atomic E-state index is -0.516. The summed E-state index contributed by atoms with van der Waals surface area (Å²) in [6.45, 7) is -0.404. The van der Waals surface area contributed by atoms with Crippen LogP contribution in [0.25, 0.3) is 22.4 Å². The molecule has 4 aromatic rings. The van der Waals surface area contributed by atoms with E-state index in [4.69, 9.17) is 28.6 Å². The molecule has 36 heavy (non-hydrogen) atoms. The van der Waals surface area contributed by atoms with E-state index in [2.05, 4.69) is 32.2 Å². The number of benzene rings is 2. The summed E-state index contributed by atoms with van der Waals surface area (Å²) in [5, 5.41) is 13.6. The zero-order valence-electron chi connectivity index (χ0n) is 18.7. The van der Waals surface area contributed by atoms with Crippen molar-refractivity contribution in [2.24, 2.45) is 0 Å². The van der Waals surface area contributed by atoms with Gasteiger partial charge in [0, 0.05) is 39.8 Å². The Hall–Kier alpha value is -4.52. The van der Waals surface area contributed by atoms with Gasteiger partial charge in [-0.2, -0.15) is 5.26 Å². The first kappa shape index (κ1) is 24.6. The lowest BCUT2D eigenvalue weighted by atomic mass is 10.00. The van der Waals surface area contributed by atoms with Crippen molar-refractivity contribution in [3.05, 3.63) is 95.8 Å². The van der Waals surface area contributed by atoms with E-state index in [-0.39, 0.29) is 16.6 Å². The molecule has 0 saturated carbocycles. The molecule has 0 atom stereocenters. The van der Waals surface area contributed by atoms with E-state index < -0.39 is 12.5 Å². The molecule has 10 heteroatoms. The molecule has 0 bridgehead atoms. The fourth-order valence-corrected chi connectivity index (χ4v) is 3.53. The number of ether oxygens (including phenoxy) is 1. The first-order valence-electron chi connectivity index (χ1n) is 10.7. The number of carbonyl (C=O) groups excluding carboxylic acids is 1. The highest BCUT2D eigenvalue weighted by atomic mass is 35.5. The maximum Gasteiger partial charge on any atom is 0.276 e. The van der Waals surface area contributed by atoms with E-state index in [9.17, 15) is 10.1 Å². The van der Waals surface area contributed by atoms with Gasteiger partial charge in [0.1, 0.15) is 11.6 Å². The van der Waals surface area contributed by atoms with Crippen LogP contribution in [-0.4, -0.2) is 27.6 Å². The number of halogens is 1. The number of carbonyl (C=O) groups is 1. The summed E-state index contributed by atoms with van der Waals surface area (Å²) in [6.07, 6.45) is 3.28. The number of nitrogens with zero attached hydrogens (tertiary/aromatic N) is 3. The summed E-state index contributed by atoms with van der Waals surface area (Å²) in [5.74, 6) is -0.498. The van der Waals surface area contributed by atoms with Gasteiger partial charge < -0.3 is 10.1 Å². The summed E-state index contributed by atoms with van der Waals surface area (Å²) in [5.41, 5.74) is 8.62. The van der Waals surface area contributed by atoms with Crippen LogP contribution in [0.1, 0.15) is 5.56 Å². The Bertz CT molecular complexity index is 1410. The van der Waals surface area contributed by atoms with Crippen molar-refractivity contribution in [2.45, 2.75) is 0 Å². The van der Waals surface area contributed by atoms with E-state index >= 15 is 0 Å². The molecular weight excluding hydrogens is 496 g/mol. The predicted molar refractivity (Wildman–Crippen MR) is 142 cm³/mol. The molecule has 0 aliphatic rings. The van der Waals surface area contributed by atoms with Gasteiger partial charge in [0.25, 0.3) is 5.91 Å². The Kier molecular flexibility index (Phi) is 8.03. The molecule has 0 spiro atoms. The smallest absolute Gasteiger partial charge is 0.276 e. The van der Waals surface area contributed by atoms with E-state index in [1.165, 1.54) is 0 Å². The topological polar surface area (TPSA) is 112 Å². The quantitative estimate of drug-likeness (QED) is 0.250. The van der Waals surface area contributed by atoms with Crippen molar-refractivity contribution in [1.82, 2.24) is 20.8 Å². The number of pyridine rings is 2. The molecule has 2 aromatic heterocycles. The number of amides is 1. The SMILES string of the molecule is N#Cc1c(-c2cccnc2)cc(-c2ccc(Cl)cc2)nc1OCC(=O)NNC(=S)Nc1ccccc1. The highest BCUT2D eigenvalue weighted by molar-refractivity contribution is 7.80. The van der Waals surface area contributed by atoms with Crippen LogP contribution in [0.2, 0.25) is 5.02 Å². The Labute approximate surface area is 217 Å². The molecule has 0 unspecified atom stereocenters. The van der Waals surface area contributed by atoms with Gasteiger partial charge in [-0.1, -0.05) is 48.0 Å². The normalized spacial score (nSPS) is 10.1. The first-order valence-corrected chi connectivity index (χ1v) is 11.5. The van der Waals surface area contributed by atoms with Crippen LogP contribution in [-0.2, 0) is 4.79 Å². The molecular formula is C26H19ClN6O2S. The molecule has 0 fully saturated rings. The van der Waals surface area contributed by atoms with Gasteiger partial charge in [-0.05, 0) is 48.6 Å². The lowest BCUT2D eigenvalue weighted by Gasteiger charge is -2.14. The van der Waals surface area contributed by atoms with E-state index in [0.717, 1.165) is 11.3 Å². The molecule has 0 aliphatic heterocycles. The highest BCUT2D eigenvalue weighted by Gasteiger charge is 2.18. The summed E-state index contributed by atoms with van der Waals surface area (Å²) >= 11 is 11.2. The van der Waals surface area contributed by atoms with Gasteiger partial charge in [0.05, 0.1) is 5.69 Å². The van der Waals surface area contributed by atoms with Crippen molar-refractivity contribution < 1.29 is 9.53 Å². The summed E-state index contributed by atoms with van der Waals surface area (Å²) in [7, 11) is 0. The zero-order chi connectivity index (χ0) is 25.3. The molecule has 3 N–H and O–H groups in total. The first-order chi connectivity index (χ1) is 17.5. The number of nitriles is 1. The fourth-order valence-electron chi connectivity index (χ4n) is 3.23. The molecule has 0 aliphatic carbocycles. The summed E-state index contributed by atoms with van der Waals surface area (Å²) in [6, 6.07) is 23.9. The molecule has 2 aromatic carbocycles. The van der Waals surface area contributed by atoms with Crippen LogP contribution < -0.4 is 20.9 Å². The van der Waals surface area contributed by atoms with Crippen molar-refractivity contribution in [3.8, 4) is 34.3 Å². The van der Waals surface area contributed by atoms with Crippen molar-refractivity contribution >= 4 is 40.5 Å². The average Bonchev–Trinajstić information content (AvgIpc) is 2.91. The second-order valence-electron chi connectivity index (χ2n) is 7.38. The number of hydrogen-bond acceptors (Lipinski definition) is 6. The maximum absolute atomic E-state index is 12.4. The van der Waals surface area contributed by atoms with Gasteiger partial charge >= 0.3 is 0 Å². The van der Waals surface area contributed by atoms with Crippen LogP contribution in [0.5, 0.6) is 5.88 Å². The number of para-hydroxylation sites is 1. The third kappa shape index (κ3) is 6.33. The number of nitrogens with one attached hydrogen (secondary N) is 3. The summed E-state index contributed by atoms with van der Waals surface area (Å²) < 4.78 is 5.69. The molecule has 0 saturated heterocycles. The highest BCUT2D eigenvalue weighted by Crippen LogP contribution is 2.33. The van der Waals surface area contributed by atoms with E-state index in [0.29, 0.717) is 21.8 Å². The average molecular weight is 515 g/mol. The number of anilines is 1. The van der Waals surface area contributed by atoms with Crippen LogP contribution >= 0.6 is 23.8 Å². The van der Waals surface area contributed by atoms with Gasteiger partial charge in [-0.15, -0.1) is 0 Å². The Morgan fingerprint density at radius 1 is 1.03 bits per heavy atom. The minimum Gasteiger partial charge on any atom is -0.467 e. The molecule has 8 nitrogen and oxygen atoms in total. The van der Waals surface area contributed by atoms with Gasteiger partial charge in [-0.3, -0.25) is 20.6 Å². The van der Waals surface area contributed by atoms with E-state index in [1.54, 1.807) is 36.7 Å². The number of thiocarbonyl (C=S) groups is 1. The Morgan fingerprint density at radius 3 is 2.50 bits per heavy atom. The van der Waals surface area contributed by atoms with Crippen molar-refractivity contribution in [3.63, 3.8) is 0 Å².